The molecule has 3 heterocycles. The molecule has 19 heteroatoms. The van der Waals surface area contributed by atoms with E-state index in [-0.39, 0.29) is 18.9 Å². The second kappa shape index (κ2) is 40.4. The van der Waals surface area contributed by atoms with E-state index < -0.39 is 124 Å². The third kappa shape index (κ3) is 24.7. The average Bonchev–Trinajstić information content (AvgIpc) is 3.42. The summed E-state index contributed by atoms with van der Waals surface area (Å²) in [7, 11) is 0. The smallest absolute Gasteiger partial charge is 0.220 e. The van der Waals surface area contributed by atoms with E-state index in [1.807, 2.05) is 6.08 Å². The highest BCUT2D eigenvalue weighted by Gasteiger charge is 2.53. The molecule has 3 saturated heterocycles. The summed E-state index contributed by atoms with van der Waals surface area (Å²) in [5.74, 6) is -0.301. The maximum absolute atomic E-state index is 13.3. The molecule has 0 radical (unpaired) electrons. The third-order valence-electron chi connectivity index (χ3n) is 13.8. The molecule has 12 N–H and O–H groups in total. The molecule has 0 bridgehead atoms. The fraction of sp³-hybridized carbons (Fsp3) is 0.772. The van der Waals surface area contributed by atoms with E-state index in [2.05, 4.69) is 79.9 Å². The van der Waals surface area contributed by atoms with E-state index in [1.165, 1.54) is 32.1 Å². The van der Waals surface area contributed by atoms with E-state index in [0.717, 1.165) is 89.9 Å². The summed E-state index contributed by atoms with van der Waals surface area (Å²) < 4.78 is 34.1. The van der Waals surface area contributed by atoms with Gasteiger partial charge in [0.15, 0.2) is 18.9 Å². The molecular formula is C57H97NO18. The average molecular weight is 1080 g/mol. The number of ether oxygens (including phenoxy) is 6. The van der Waals surface area contributed by atoms with Crippen LogP contribution in [0.15, 0.2) is 72.9 Å². The van der Waals surface area contributed by atoms with Gasteiger partial charge in [0.25, 0.3) is 0 Å². The van der Waals surface area contributed by atoms with Crippen molar-refractivity contribution < 1.29 is 89.4 Å². The summed E-state index contributed by atoms with van der Waals surface area (Å²) in [6.45, 7) is 1.53. The first-order valence-corrected chi connectivity index (χ1v) is 28.2. The van der Waals surface area contributed by atoms with Gasteiger partial charge in [0.05, 0.1) is 38.6 Å². The first-order chi connectivity index (χ1) is 36.8. The zero-order chi connectivity index (χ0) is 55.5. The van der Waals surface area contributed by atoms with Crippen molar-refractivity contribution in [3.63, 3.8) is 0 Å². The number of hydrogen-bond donors (Lipinski definition) is 12. The van der Waals surface area contributed by atoms with Crippen LogP contribution in [0.1, 0.15) is 149 Å². The van der Waals surface area contributed by atoms with E-state index in [0.29, 0.717) is 6.42 Å². The van der Waals surface area contributed by atoms with Gasteiger partial charge >= 0.3 is 0 Å². The monoisotopic (exact) mass is 1080 g/mol. The lowest BCUT2D eigenvalue weighted by atomic mass is 9.96. The van der Waals surface area contributed by atoms with Crippen molar-refractivity contribution in [1.82, 2.24) is 5.32 Å². The molecule has 17 atom stereocenters. The molecule has 0 aliphatic carbocycles. The molecule has 3 fully saturated rings. The number of amides is 1. The molecule has 3 aliphatic heterocycles. The Kier molecular flexibility index (Phi) is 35.9. The number of hydrogen-bond acceptors (Lipinski definition) is 18. The highest BCUT2D eigenvalue weighted by Crippen LogP contribution is 2.33. The SMILES string of the molecule is CC/C=C\C/C=C\C/C=C\C/C=C\C/C=C\CCCCCCCC(=O)NC(COC1OC(CO)C(OC2OC(CO)C(OC3OC(CO)C(O)C(O)C3O)C(O)C2O)C(O)C1O)C(O)/C=C/CCCCCCCCCC. The van der Waals surface area contributed by atoms with Gasteiger partial charge in [-0.25, -0.2) is 0 Å². The normalized spacial score (nSPS) is 31.5. The Balaban J connectivity index is 1.50. The van der Waals surface area contributed by atoms with Gasteiger partial charge < -0.3 is 89.9 Å². The van der Waals surface area contributed by atoms with Crippen LogP contribution in [0.4, 0.5) is 0 Å². The lowest BCUT2D eigenvalue weighted by Crippen LogP contribution is -2.66. The highest BCUT2D eigenvalue weighted by atomic mass is 16.8. The Morgan fingerprint density at radius 3 is 1.42 bits per heavy atom. The topological polar surface area (TPSA) is 307 Å². The fourth-order valence-electron chi connectivity index (χ4n) is 9.10. The summed E-state index contributed by atoms with van der Waals surface area (Å²) >= 11 is 0. The van der Waals surface area contributed by atoms with Crippen LogP contribution in [-0.2, 0) is 33.2 Å². The van der Waals surface area contributed by atoms with E-state index in [9.17, 15) is 61.0 Å². The number of unbranched alkanes of at least 4 members (excludes halogenated alkanes) is 13. The lowest BCUT2D eigenvalue weighted by Gasteiger charge is -2.48. The molecule has 438 valence electrons. The first-order valence-electron chi connectivity index (χ1n) is 28.2. The molecule has 76 heavy (non-hydrogen) atoms. The van der Waals surface area contributed by atoms with E-state index in [1.54, 1.807) is 6.08 Å². The van der Waals surface area contributed by atoms with Gasteiger partial charge in [-0.3, -0.25) is 4.79 Å². The molecule has 0 spiro atoms. The Labute approximate surface area is 451 Å². The number of aliphatic hydroxyl groups is 11. The standard InChI is InChI=1S/C57H97NO18/c1-3-5-7-9-11-13-15-16-17-18-19-20-21-22-23-24-25-27-29-31-33-35-45(63)58-40(41(62)34-32-30-28-26-14-12-10-8-6-4-2)39-71-55-51(69)48(66)53(43(37-60)73-55)76-57-52(70)49(67)54(44(38-61)74-57)75-56-50(68)47(65)46(64)42(36-59)72-56/h5,7,11,13,16-17,19-20,22-23,32,34,40-44,46-57,59-62,64-70H,3-4,6,8-10,12,14-15,18,21,24-31,33,35-39H2,1-2H3,(H,58,63)/b7-5-,13-11-,17-16-,20-19-,23-22-,34-32+. The van der Waals surface area contributed by atoms with Gasteiger partial charge in [-0.2, -0.15) is 0 Å². The minimum atomic E-state index is -1.98. The fourth-order valence-corrected chi connectivity index (χ4v) is 9.10. The molecule has 3 rings (SSSR count). The molecule has 0 saturated carbocycles. The minimum Gasteiger partial charge on any atom is -0.394 e. The predicted octanol–water partition coefficient (Wildman–Crippen LogP) is 3.87. The predicted molar refractivity (Wildman–Crippen MR) is 286 cm³/mol. The van der Waals surface area contributed by atoms with Crippen LogP contribution in [0.3, 0.4) is 0 Å². The Hall–Kier alpha value is -2.77. The van der Waals surface area contributed by atoms with Crippen molar-refractivity contribution in [1.29, 1.82) is 0 Å². The Morgan fingerprint density at radius 2 is 0.908 bits per heavy atom. The summed E-state index contributed by atoms with van der Waals surface area (Å²) in [6.07, 6.45) is 19.0. The summed E-state index contributed by atoms with van der Waals surface area (Å²) in [6, 6.07) is -0.985. The van der Waals surface area contributed by atoms with Crippen molar-refractivity contribution in [2.24, 2.45) is 0 Å². The van der Waals surface area contributed by atoms with Crippen molar-refractivity contribution in [3.8, 4) is 0 Å². The molecule has 19 nitrogen and oxygen atoms in total. The van der Waals surface area contributed by atoms with Gasteiger partial charge in [0.2, 0.25) is 5.91 Å². The van der Waals surface area contributed by atoms with Crippen LogP contribution in [0.2, 0.25) is 0 Å². The third-order valence-corrected chi connectivity index (χ3v) is 13.8. The summed E-state index contributed by atoms with van der Waals surface area (Å²) in [4.78, 5) is 13.3. The minimum absolute atomic E-state index is 0.217. The molecule has 0 aromatic rings. The van der Waals surface area contributed by atoms with Crippen LogP contribution in [0.25, 0.3) is 0 Å². The van der Waals surface area contributed by atoms with Crippen molar-refractivity contribution in [3.05, 3.63) is 72.9 Å². The van der Waals surface area contributed by atoms with Crippen LogP contribution in [0.5, 0.6) is 0 Å². The Bertz CT molecular complexity index is 1670. The van der Waals surface area contributed by atoms with Gasteiger partial charge in [0, 0.05) is 6.42 Å². The second-order valence-corrected chi connectivity index (χ2v) is 20.0. The second-order valence-electron chi connectivity index (χ2n) is 20.0. The number of carbonyl (C=O) groups is 1. The van der Waals surface area contributed by atoms with Crippen LogP contribution in [0, 0.1) is 0 Å². The van der Waals surface area contributed by atoms with Crippen molar-refractivity contribution >= 4 is 5.91 Å². The highest BCUT2D eigenvalue weighted by molar-refractivity contribution is 5.76. The van der Waals surface area contributed by atoms with Crippen LogP contribution < -0.4 is 5.32 Å². The van der Waals surface area contributed by atoms with E-state index in [4.69, 9.17) is 28.4 Å². The summed E-state index contributed by atoms with van der Waals surface area (Å²) in [5, 5.41) is 120. The van der Waals surface area contributed by atoms with Gasteiger partial charge in [-0.05, 0) is 64.2 Å². The van der Waals surface area contributed by atoms with Gasteiger partial charge in [-0.15, -0.1) is 0 Å². The molecular weight excluding hydrogens is 987 g/mol. The zero-order valence-electron chi connectivity index (χ0n) is 45.2. The lowest BCUT2D eigenvalue weighted by molar-refractivity contribution is -0.379. The number of rotatable bonds is 39. The van der Waals surface area contributed by atoms with Crippen LogP contribution in [-0.4, -0.2) is 193 Å². The largest absolute Gasteiger partial charge is 0.394 e. The molecule has 3 aliphatic rings. The molecule has 17 unspecified atom stereocenters. The van der Waals surface area contributed by atoms with Gasteiger partial charge in [-0.1, -0.05) is 151 Å². The first kappa shape index (κ1) is 67.5. The zero-order valence-corrected chi connectivity index (χ0v) is 45.2. The van der Waals surface area contributed by atoms with Crippen LogP contribution >= 0.6 is 0 Å². The number of nitrogens with one attached hydrogen (secondary N) is 1. The van der Waals surface area contributed by atoms with Gasteiger partial charge in [0.1, 0.15) is 73.2 Å². The maximum Gasteiger partial charge on any atom is 0.220 e. The quantitative estimate of drug-likeness (QED) is 0.0307. The number of carbonyl (C=O) groups excluding carboxylic acids is 1. The molecule has 1 amide bonds. The van der Waals surface area contributed by atoms with Crippen molar-refractivity contribution in [2.45, 2.75) is 253 Å². The number of allylic oxidation sites excluding steroid dienone is 11. The maximum atomic E-state index is 13.3. The number of aliphatic hydroxyl groups excluding tert-OH is 11. The molecule has 0 aromatic carbocycles. The summed E-state index contributed by atoms with van der Waals surface area (Å²) in [5.41, 5.74) is 0. The van der Waals surface area contributed by atoms with Crippen molar-refractivity contribution in [2.75, 3.05) is 26.4 Å². The Morgan fingerprint density at radius 1 is 0.487 bits per heavy atom. The van der Waals surface area contributed by atoms with E-state index >= 15 is 0 Å². The molecule has 0 aromatic heterocycles.